The molecule has 0 radical (unpaired) electrons. The van der Waals surface area contributed by atoms with E-state index in [0.29, 0.717) is 11.1 Å². The van der Waals surface area contributed by atoms with Crippen molar-refractivity contribution in [2.75, 3.05) is 31.6 Å². The van der Waals surface area contributed by atoms with Crippen molar-refractivity contribution < 1.29 is 9.90 Å². The van der Waals surface area contributed by atoms with Crippen molar-refractivity contribution >= 4 is 23.3 Å². The molecule has 0 saturated carbocycles. The second-order valence-electron chi connectivity index (χ2n) is 5.71. The van der Waals surface area contributed by atoms with E-state index in [4.69, 9.17) is 16.7 Å². The fraction of sp³-hybridized carbons (Fsp3) is 0.562. The zero-order valence-corrected chi connectivity index (χ0v) is 13.2. The first-order valence-electron chi connectivity index (χ1n) is 7.49. The Hall–Kier alpha value is -1.26. The third-order valence-corrected chi connectivity index (χ3v) is 4.39. The van der Waals surface area contributed by atoms with Crippen molar-refractivity contribution in [3.8, 4) is 0 Å². The van der Waals surface area contributed by atoms with Crippen molar-refractivity contribution in [2.24, 2.45) is 0 Å². The van der Waals surface area contributed by atoms with E-state index in [1.807, 2.05) is 23.1 Å². The molecule has 5 heteroatoms. The van der Waals surface area contributed by atoms with Gasteiger partial charge in [0.25, 0.3) is 0 Å². The highest BCUT2D eigenvalue weighted by atomic mass is 35.5. The predicted octanol–water partition coefficient (Wildman–Crippen LogP) is 3.11. The summed E-state index contributed by atoms with van der Waals surface area (Å²) in [5.74, 6) is -0.813. The van der Waals surface area contributed by atoms with Gasteiger partial charge in [-0.3, -0.25) is 4.79 Å². The number of halogens is 1. The van der Waals surface area contributed by atoms with Gasteiger partial charge in [-0.2, -0.15) is 0 Å². The van der Waals surface area contributed by atoms with Crippen LogP contribution in [0.5, 0.6) is 0 Å². The molecule has 1 fully saturated rings. The Kier molecular flexibility index (Phi) is 5.88. The first kappa shape index (κ1) is 16.1. The fourth-order valence-corrected chi connectivity index (χ4v) is 3.13. The molecule has 0 spiro atoms. The van der Waals surface area contributed by atoms with Gasteiger partial charge in [-0.05, 0) is 51.1 Å². The van der Waals surface area contributed by atoms with Gasteiger partial charge in [0.15, 0.2) is 0 Å². The van der Waals surface area contributed by atoms with Gasteiger partial charge in [0.2, 0.25) is 0 Å². The van der Waals surface area contributed by atoms with Gasteiger partial charge in [-0.15, -0.1) is 0 Å². The van der Waals surface area contributed by atoms with Crippen LogP contribution < -0.4 is 4.90 Å². The number of rotatable bonds is 6. The number of carbonyl (C=O) groups is 1. The molecule has 1 aromatic carbocycles. The maximum atomic E-state index is 11.1. The number of aliphatic carboxylic acids is 1. The second kappa shape index (κ2) is 7.66. The van der Waals surface area contributed by atoms with Crippen molar-refractivity contribution in [3.05, 3.63) is 29.3 Å². The van der Waals surface area contributed by atoms with Gasteiger partial charge in [0.1, 0.15) is 6.54 Å². The van der Waals surface area contributed by atoms with Crippen LogP contribution in [0.15, 0.2) is 24.3 Å². The van der Waals surface area contributed by atoms with Crippen LogP contribution in [0.1, 0.15) is 25.7 Å². The first-order chi connectivity index (χ1) is 10.1. The van der Waals surface area contributed by atoms with Crippen molar-refractivity contribution in [3.63, 3.8) is 0 Å². The minimum atomic E-state index is -0.813. The topological polar surface area (TPSA) is 43.8 Å². The molecule has 21 heavy (non-hydrogen) atoms. The molecule has 1 N–H and O–H groups in total. The van der Waals surface area contributed by atoms with Crippen LogP contribution in [0, 0.1) is 0 Å². The molecule has 1 aliphatic rings. The molecule has 1 heterocycles. The number of piperidine rings is 1. The number of nitrogens with zero attached hydrogens (tertiary/aromatic N) is 2. The molecule has 116 valence electrons. The van der Waals surface area contributed by atoms with Crippen LogP contribution in [-0.2, 0) is 4.79 Å². The zero-order chi connectivity index (χ0) is 15.2. The predicted molar refractivity (Wildman–Crippen MR) is 86.2 cm³/mol. The van der Waals surface area contributed by atoms with Crippen LogP contribution in [0.3, 0.4) is 0 Å². The average molecular weight is 311 g/mol. The zero-order valence-electron chi connectivity index (χ0n) is 12.5. The standard InChI is InChI=1S/C16H23ClN2O2/c1-18-9-3-2-6-14(18)8-10-19(12-16(20)21)15-7-4-5-13(17)11-15/h4-5,7,11,14H,2-3,6,8-10,12H2,1H3,(H,20,21). The largest absolute Gasteiger partial charge is 0.480 e. The lowest BCUT2D eigenvalue weighted by Gasteiger charge is -2.34. The Morgan fingerprint density at radius 1 is 1.48 bits per heavy atom. The Labute approximate surface area is 131 Å². The van der Waals surface area contributed by atoms with E-state index in [-0.39, 0.29) is 6.54 Å². The smallest absolute Gasteiger partial charge is 0.323 e. The summed E-state index contributed by atoms with van der Waals surface area (Å²) in [6.45, 7) is 1.89. The number of hydrogen-bond acceptors (Lipinski definition) is 3. The summed E-state index contributed by atoms with van der Waals surface area (Å²) in [5.41, 5.74) is 0.878. The normalized spacial score (nSPS) is 19.4. The minimum Gasteiger partial charge on any atom is -0.480 e. The van der Waals surface area contributed by atoms with Crippen molar-refractivity contribution in [2.45, 2.75) is 31.7 Å². The third kappa shape index (κ3) is 4.90. The summed E-state index contributed by atoms with van der Waals surface area (Å²) < 4.78 is 0. The lowest BCUT2D eigenvalue weighted by Crippen LogP contribution is -2.40. The van der Waals surface area contributed by atoms with Crippen LogP contribution >= 0.6 is 11.6 Å². The molecule has 1 saturated heterocycles. The summed E-state index contributed by atoms with van der Waals surface area (Å²) in [4.78, 5) is 15.4. The molecule has 0 aromatic heterocycles. The molecule has 0 bridgehead atoms. The molecule has 1 unspecified atom stereocenters. The van der Waals surface area contributed by atoms with Crippen LogP contribution in [0.4, 0.5) is 5.69 Å². The van der Waals surface area contributed by atoms with E-state index in [1.165, 1.54) is 19.3 Å². The molecule has 0 aliphatic carbocycles. The van der Waals surface area contributed by atoms with E-state index in [2.05, 4.69) is 11.9 Å². The van der Waals surface area contributed by atoms with Crippen LogP contribution in [0.2, 0.25) is 5.02 Å². The number of anilines is 1. The molecule has 2 rings (SSSR count). The maximum absolute atomic E-state index is 11.1. The highest BCUT2D eigenvalue weighted by Crippen LogP contribution is 2.22. The van der Waals surface area contributed by atoms with E-state index < -0.39 is 5.97 Å². The van der Waals surface area contributed by atoms with Gasteiger partial charge in [0, 0.05) is 23.3 Å². The van der Waals surface area contributed by atoms with E-state index in [9.17, 15) is 4.79 Å². The summed E-state index contributed by atoms with van der Waals surface area (Å²) in [6.07, 6.45) is 4.72. The molecular formula is C16H23ClN2O2. The quantitative estimate of drug-likeness (QED) is 0.877. The first-order valence-corrected chi connectivity index (χ1v) is 7.86. The van der Waals surface area contributed by atoms with Crippen molar-refractivity contribution in [1.29, 1.82) is 0 Å². The summed E-state index contributed by atoms with van der Waals surface area (Å²) in [7, 11) is 2.16. The van der Waals surface area contributed by atoms with Gasteiger partial charge in [-0.25, -0.2) is 0 Å². The Morgan fingerprint density at radius 3 is 2.95 bits per heavy atom. The molecular weight excluding hydrogens is 288 g/mol. The molecule has 4 nitrogen and oxygen atoms in total. The number of carboxylic acids is 1. The molecule has 1 atom stereocenters. The van der Waals surface area contributed by atoms with Crippen LogP contribution in [0.25, 0.3) is 0 Å². The Bertz CT molecular complexity index is 481. The van der Waals surface area contributed by atoms with E-state index >= 15 is 0 Å². The summed E-state index contributed by atoms with van der Waals surface area (Å²) in [5, 5.41) is 9.76. The second-order valence-corrected chi connectivity index (χ2v) is 6.15. The maximum Gasteiger partial charge on any atom is 0.323 e. The third-order valence-electron chi connectivity index (χ3n) is 4.15. The highest BCUT2D eigenvalue weighted by molar-refractivity contribution is 6.30. The van der Waals surface area contributed by atoms with Gasteiger partial charge in [-0.1, -0.05) is 24.1 Å². The van der Waals surface area contributed by atoms with Crippen molar-refractivity contribution in [1.82, 2.24) is 4.90 Å². The monoisotopic (exact) mass is 310 g/mol. The molecule has 0 amide bonds. The van der Waals surface area contributed by atoms with Gasteiger partial charge in [0.05, 0.1) is 0 Å². The minimum absolute atomic E-state index is 0.0107. The fourth-order valence-electron chi connectivity index (χ4n) is 2.95. The number of likely N-dealkylation sites (tertiary alicyclic amines) is 1. The van der Waals surface area contributed by atoms with Gasteiger partial charge >= 0.3 is 5.97 Å². The van der Waals surface area contributed by atoms with E-state index in [0.717, 1.165) is 25.2 Å². The number of carboxylic acid groups (broad SMARTS) is 1. The van der Waals surface area contributed by atoms with Crippen LogP contribution in [-0.4, -0.2) is 48.7 Å². The Balaban J connectivity index is 2.01. The summed E-state index contributed by atoms with van der Waals surface area (Å²) in [6, 6.07) is 7.96. The SMILES string of the molecule is CN1CCCCC1CCN(CC(=O)O)c1cccc(Cl)c1. The highest BCUT2D eigenvalue weighted by Gasteiger charge is 2.20. The number of hydrogen-bond donors (Lipinski definition) is 1. The molecule has 1 aliphatic heterocycles. The lowest BCUT2D eigenvalue weighted by atomic mass is 10.00. The average Bonchev–Trinajstić information content (AvgIpc) is 2.44. The van der Waals surface area contributed by atoms with E-state index in [1.54, 1.807) is 6.07 Å². The lowest BCUT2D eigenvalue weighted by molar-refractivity contribution is -0.135. The Morgan fingerprint density at radius 2 is 2.29 bits per heavy atom. The summed E-state index contributed by atoms with van der Waals surface area (Å²) >= 11 is 6.02. The molecule has 1 aromatic rings. The van der Waals surface area contributed by atoms with Gasteiger partial charge < -0.3 is 14.9 Å². The number of benzene rings is 1.